The fourth-order valence-electron chi connectivity index (χ4n) is 3.89. The number of carbonyl (C=O) groups excluding carboxylic acids is 1. The van der Waals surface area contributed by atoms with Crippen molar-refractivity contribution < 1.29 is 9.53 Å². The van der Waals surface area contributed by atoms with Crippen LogP contribution in [0.1, 0.15) is 13.8 Å². The first-order valence-corrected chi connectivity index (χ1v) is 11.4. The Morgan fingerprint density at radius 2 is 1.69 bits per heavy atom. The van der Waals surface area contributed by atoms with Crippen molar-refractivity contribution in [2.24, 2.45) is 14.1 Å². The van der Waals surface area contributed by atoms with Gasteiger partial charge < -0.3 is 10.1 Å². The van der Waals surface area contributed by atoms with Crippen molar-refractivity contribution in [3.63, 3.8) is 0 Å². The molecule has 0 atom stereocenters. The second kappa shape index (κ2) is 8.92. The van der Waals surface area contributed by atoms with Crippen molar-refractivity contribution >= 4 is 40.1 Å². The number of hydrogen-bond donors (Lipinski definition) is 1. The van der Waals surface area contributed by atoms with Crippen LogP contribution in [0.4, 0.5) is 16.3 Å². The van der Waals surface area contributed by atoms with Crippen LogP contribution in [-0.2, 0) is 18.8 Å². The number of ether oxygens (including phenoxy) is 1. The molecule has 0 amide bonds. The quantitative estimate of drug-likeness (QED) is 0.344. The summed E-state index contributed by atoms with van der Waals surface area (Å²) >= 11 is 6.57. The van der Waals surface area contributed by atoms with Crippen molar-refractivity contribution in [1.82, 2.24) is 29.1 Å². The van der Waals surface area contributed by atoms with Crippen LogP contribution in [0.5, 0.6) is 0 Å². The third kappa shape index (κ3) is 4.50. The lowest BCUT2D eigenvalue weighted by Gasteiger charge is -2.13. The van der Waals surface area contributed by atoms with Gasteiger partial charge in [0.1, 0.15) is 5.82 Å². The number of carbonyl (C=O) groups is 1. The summed E-state index contributed by atoms with van der Waals surface area (Å²) in [7, 11) is 3.70. The molecule has 0 unspecified atom stereocenters. The van der Waals surface area contributed by atoms with Gasteiger partial charge in [-0.1, -0.05) is 17.7 Å². The van der Waals surface area contributed by atoms with Crippen LogP contribution in [0.3, 0.4) is 0 Å². The molecule has 0 radical (unpaired) electrons. The molecule has 1 N–H and O–H groups in total. The summed E-state index contributed by atoms with van der Waals surface area (Å²) in [4.78, 5) is 17.6. The first-order chi connectivity index (χ1) is 16.8. The minimum Gasteiger partial charge on any atom is -0.446 e. The first kappa shape index (κ1) is 22.7. The van der Waals surface area contributed by atoms with Gasteiger partial charge in [-0.25, -0.2) is 14.3 Å². The van der Waals surface area contributed by atoms with E-state index in [1.165, 1.54) is 0 Å². The maximum absolute atomic E-state index is 13.1. The van der Waals surface area contributed by atoms with Gasteiger partial charge in [0.05, 0.1) is 40.4 Å². The zero-order chi connectivity index (χ0) is 24.7. The van der Waals surface area contributed by atoms with Gasteiger partial charge in [-0.2, -0.15) is 10.2 Å². The molecule has 0 saturated carbocycles. The topological polar surface area (TPSA) is 91.8 Å². The fraction of sp³-hybridized carbons (Fsp3) is 0.200. The Balaban J connectivity index is 1.53. The van der Waals surface area contributed by atoms with Crippen LogP contribution in [0.15, 0.2) is 61.3 Å². The summed E-state index contributed by atoms with van der Waals surface area (Å²) in [5.74, 6) is 0.544. The molecule has 0 spiro atoms. The number of aryl methyl sites for hydroxylation is 2. The minimum absolute atomic E-state index is 0.265. The highest BCUT2D eigenvalue weighted by molar-refractivity contribution is 6.33. The van der Waals surface area contributed by atoms with Crippen molar-refractivity contribution in [3.8, 4) is 22.4 Å². The van der Waals surface area contributed by atoms with Crippen molar-refractivity contribution in [1.29, 1.82) is 0 Å². The highest BCUT2D eigenvalue weighted by Gasteiger charge is 2.20. The molecule has 178 valence electrons. The number of fused-ring (bicyclic) bond motifs is 1. The van der Waals surface area contributed by atoms with E-state index in [2.05, 4.69) is 20.5 Å². The van der Waals surface area contributed by atoms with Gasteiger partial charge in [-0.15, -0.1) is 0 Å². The van der Waals surface area contributed by atoms with Crippen LogP contribution in [0.2, 0.25) is 5.02 Å². The van der Waals surface area contributed by atoms with E-state index in [-0.39, 0.29) is 6.10 Å². The first-order valence-electron chi connectivity index (χ1n) is 11.1. The fourth-order valence-corrected chi connectivity index (χ4v) is 4.12. The zero-order valence-electron chi connectivity index (χ0n) is 19.7. The summed E-state index contributed by atoms with van der Waals surface area (Å²) in [6.07, 6.45) is 8.27. The number of halogens is 1. The average molecular weight is 490 g/mol. The Kier molecular flexibility index (Phi) is 5.78. The normalized spacial score (nSPS) is 11.4. The van der Waals surface area contributed by atoms with E-state index in [1.807, 2.05) is 70.7 Å². The van der Waals surface area contributed by atoms with E-state index in [0.717, 1.165) is 22.1 Å². The molecule has 0 aliphatic heterocycles. The highest BCUT2D eigenvalue weighted by Crippen LogP contribution is 2.33. The minimum atomic E-state index is -0.468. The van der Waals surface area contributed by atoms with Crippen LogP contribution in [0, 0.1) is 0 Å². The summed E-state index contributed by atoms with van der Waals surface area (Å²) in [6.45, 7) is 3.64. The smallest absolute Gasteiger partial charge is 0.419 e. The Hall–Kier alpha value is -4.11. The van der Waals surface area contributed by atoms with E-state index in [0.29, 0.717) is 27.7 Å². The van der Waals surface area contributed by atoms with E-state index in [1.54, 1.807) is 32.5 Å². The molecule has 0 bridgehead atoms. The number of anilines is 2. The predicted octanol–water partition coefficient (Wildman–Crippen LogP) is 5.63. The second-order valence-corrected chi connectivity index (χ2v) is 8.96. The lowest BCUT2D eigenvalue weighted by atomic mass is 10.1. The molecule has 5 rings (SSSR count). The van der Waals surface area contributed by atoms with E-state index < -0.39 is 6.09 Å². The van der Waals surface area contributed by atoms with Gasteiger partial charge >= 0.3 is 6.09 Å². The number of aromatic nitrogens is 6. The van der Waals surface area contributed by atoms with Crippen molar-refractivity contribution in [3.05, 3.63) is 66.3 Å². The molecule has 5 aromatic rings. The Morgan fingerprint density at radius 3 is 2.31 bits per heavy atom. The summed E-state index contributed by atoms with van der Waals surface area (Å²) in [5, 5.41) is 13.1. The number of nitrogens with one attached hydrogen (secondary N) is 1. The lowest BCUT2D eigenvalue weighted by Crippen LogP contribution is -2.18. The monoisotopic (exact) mass is 489 g/mol. The van der Waals surface area contributed by atoms with Crippen LogP contribution in [0.25, 0.3) is 33.3 Å². The van der Waals surface area contributed by atoms with Gasteiger partial charge in [0.25, 0.3) is 0 Å². The van der Waals surface area contributed by atoms with Gasteiger partial charge in [0.15, 0.2) is 0 Å². The Labute approximate surface area is 206 Å². The highest BCUT2D eigenvalue weighted by atomic mass is 35.5. The number of nitrogens with zero attached hydrogens (tertiary/aromatic N) is 6. The summed E-state index contributed by atoms with van der Waals surface area (Å²) in [6, 6.07) is 9.45. The van der Waals surface area contributed by atoms with Gasteiger partial charge in [0, 0.05) is 55.3 Å². The third-order valence-corrected chi connectivity index (χ3v) is 5.79. The molecule has 10 heteroatoms. The Bertz CT molecular complexity index is 1550. The Morgan fingerprint density at radius 1 is 0.971 bits per heavy atom. The molecule has 1 aromatic carbocycles. The van der Waals surface area contributed by atoms with Gasteiger partial charge in [0.2, 0.25) is 0 Å². The van der Waals surface area contributed by atoms with Gasteiger partial charge in [-0.3, -0.25) is 9.36 Å². The number of hydrogen-bond acceptors (Lipinski definition) is 6. The molecule has 4 aromatic heterocycles. The molecule has 35 heavy (non-hydrogen) atoms. The molecule has 0 aliphatic carbocycles. The average Bonchev–Trinajstić information content (AvgIpc) is 3.52. The van der Waals surface area contributed by atoms with E-state index in [4.69, 9.17) is 16.3 Å². The second-order valence-electron chi connectivity index (χ2n) is 8.55. The van der Waals surface area contributed by atoms with Crippen molar-refractivity contribution in [2.75, 3.05) is 5.32 Å². The standard InChI is InChI=1S/C25H24ClN7O2/c1-15(2)35-25(34)33-22(19-12-29-32(4)14-19)8-17-10-27-24(9-23(17)33)30-21-6-5-16(7-20(21)26)18-11-28-31(3)13-18/h5-15H,1-4H3,(H,27,30). The maximum Gasteiger partial charge on any atom is 0.419 e. The SMILES string of the molecule is CC(C)OC(=O)n1c(-c2cnn(C)c2)cc2cnc(Nc3ccc(-c4cnn(C)c4)cc3Cl)cc21. The molecule has 0 aliphatic rings. The number of pyridine rings is 1. The molecule has 0 saturated heterocycles. The van der Waals surface area contributed by atoms with E-state index in [9.17, 15) is 4.79 Å². The van der Waals surface area contributed by atoms with Crippen LogP contribution >= 0.6 is 11.6 Å². The summed E-state index contributed by atoms with van der Waals surface area (Å²) in [5.41, 5.74) is 4.77. The molecule has 0 fully saturated rings. The third-order valence-electron chi connectivity index (χ3n) is 5.48. The van der Waals surface area contributed by atoms with Crippen molar-refractivity contribution in [2.45, 2.75) is 20.0 Å². The predicted molar refractivity (Wildman–Crippen MR) is 136 cm³/mol. The molecule has 4 heterocycles. The molecule has 9 nitrogen and oxygen atoms in total. The largest absolute Gasteiger partial charge is 0.446 e. The lowest BCUT2D eigenvalue weighted by molar-refractivity contribution is 0.118. The number of rotatable bonds is 5. The molecular formula is C25H24ClN7O2. The van der Waals surface area contributed by atoms with Crippen LogP contribution < -0.4 is 5.32 Å². The number of benzene rings is 1. The van der Waals surface area contributed by atoms with Crippen LogP contribution in [-0.4, -0.2) is 41.3 Å². The molecular weight excluding hydrogens is 466 g/mol. The summed E-state index contributed by atoms with van der Waals surface area (Å²) < 4.78 is 10.5. The maximum atomic E-state index is 13.1. The van der Waals surface area contributed by atoms with Gasteiger partial charge in [-0.05, 0) is 37.6 Å². The van der Waals surface area contributed by atoms with E-state index >= 15 is 0 Å². The zero-order valence-corrected chi connectivity index (χ0v) is 20.5.